The highest BCUT2D eigenvalue weighted by atomic mass is 16.7. The van der Waals surface area contributed by atoms with Crippen LogP contribution < -0.4 is 5.32 Å². The minimum Gasteiger partial charge on any atom is -0.396 e. The van der Waals surface area contributed by atoms with Gasteiger partial charge >= 0.3 is 0 Å². The first kappa shape index (κ1) is 19.3. The van der Waals surface area contributed by atoms with Crippen LogP contribution in [0.4, 0.5) is 0 Å². The smallest absolute Gasteiger partial charge is 0.222 e. The van der Waals surface area contributed by atoms with E-state index in [0.717, 1.165) is 19.3 Å². The summed E-state index contributed by atoms with van der Waals surface area (Å²) in [7, 11) is 0. The first-order valence-electron chi connectivity index (χ1n) is 7.70. The number of aliphatic hydroxyl groups is 4. The molecule has 1 saturated heterocycles. The van der Waals surface area contributed by atoms with Crippen molar-refractivity contribution < 1.29 is 34.7 Å². The number of ether oxygens (including phenoxy) is 2. The summed E-state index contributed by atoms with van der Waals surface area (Å²) in [6.07, 6.45) is -0.747. The highest BCUT2D eigenvalue weighted by Gasteiger charge is 2.36. The minimum atomic E-state index is -1.09. The van der Waals surface area contributed by atoms with Crippen LogP contribution in [0.15, 0.2) is 0 Å². The molecule has 1 amide bonds. The quantitative estimate of drug-likeness (QED) is 0.310. The SMILES string of the molecule is O=C(CCO)NCCCCCO[C@H]1C[C@@H](O)[C@@H](O)[C@@H](CO)O1. The summed E-state index contributed by atoms with van der Waals surface area (Å²) in [5.74, 6) is -0.156. The zero-order valence-corrected chi connectivity index (χ0v) is 12.7. The van der Waals surface area contributed by atoms with Crippen molar-refractivity contribution in [2.45, 2.75) is 56.7 Å². The molecule has 1 heterocycles. The maximum absolute atomic E-state index is 11.1. The molecule has 8 heteroatoms. The Morgan fingerprint density at radius 3 is 2.68 bits per heavy atom. The third-order valence-electron chi connectivity index (χ3n) is 3.50. The van der Waals surface area contributed by atoms with Gasteiger partial charge in [0.1, 0.15) is 12.2 Å². The van der Waals surface area contributed by atoms with Gasteiger partial charge in [-0.15, -0.1) is 0 Å². The molecule has 1 aliphatic rings. The van der Waals surface area contributed by atoms with Gasteiger partial charge in [-0.3, -0.25) is 4.79 Å². The van der Waals surface area contributed by atoms with E-state index in [1.165, 1.54) is 0 Å². The average molecular weight is 321 g/mol. The Bertz CT molecular complexity index is 316. The molecule has 22 heavy (non-hydrogen) atoms. The van der Waals surface area contributed by atoms with Gasteiger partial charge in [-0.25, -0.2) is 0 Å². The minimum absolute atomic E-state index is 0.127. The number of unbranched alkanes of at least 4 members (excludes halogenated alkanes) is 2. The van der Waals surface area contributed by atoms with Gasteiger partial charge in [0.25, 0.3) is 0 Å². The molecule has 0 aliphatic carbocycles. The van der Waals surface area contributed by atoms with E-state index in [2.05, 4.69) is 5.32 Å². The maximum Gasteiger partial charge on any atom is 0.222 e. The zero-order valence-electron chi connectivity index (χ0n) is 12.7. The molecule has 0 spiro atoms. The largest absolute Gasteiger partial charge is 0.396 e. The van der Waals surface area contributed by atoms with Crippen LogP contribution >= 0.6 is 0 Å². The van der Waals surface area contributed by atoms with Crippen molar-refractivity contribution >= 4 is 5.91 Å². The number of nitrogens with one attached hydrogen (secondary N) is 1. The molecule has 4 atom stereocenters. The fourth-order valence-corrected chi connectivity index (χ4v) is 2.21. The third-order valence-corrected chi connectivity index (χ3v) is 3.50. The van der Waals surface area contributed by atoms with Crippen molar-refractivity contribution in [3.8, 4) is 0 Å². The summed E-state index contributed by atoms with van der Waals surface area (Å²) < 4.78 is 10.8. The van der Waals surface area contributed by atoms with Crippen LogP contribution in [0.1, 0.15) is 32.1 Å². The Labute approximate surface area is 130 Å². The van der Waals surface area contributed by atoms with Crippen molar-refractivity contribution in [3.05, 3.63) is 0 Å². The Hall–Kier alpha value is -0.770. The summed E-state index contributed by atoms with van der Waals surface area (Å²) in [5.41, 5.74) is 0. The summed E-state index contributed by atoms with van der Waals surface area (Å²) in [6, 6.07) is 0. The highest BCUT2D eigenvalue weighted by molar-refractivity contribution is 5.75. The molecule has 0 saturated carbocycles. The number of carbonyl (C=O) groups is 1. The van der Waals surface area contributed by atoms with E-state index >= 15 is 0 Å². The molecule has 0 aromatic rings. The summed E-state index contributed by atoms with van der Waals surface area (Å²) in [4.78, 5) is 11.1. The third kappa shape index (κ3) is 6.99. The number of amides is 1. The van der Waals surface area contributed by atoms with Crippen molar-refractivity contribution in [2.24, 2.45) is 0 Å². The lowest BCUT2D eigenvalue weighted by atomic mass is 10.0. The second-order valence-corrected chi connectivity index (χ2v) is 5.34. The van der Waals surface area contributed by atoms with Crippen LogP contribution in [0.3, 0.4) is 0 Å². The number of carbonyl (C=O) groups excluding carboxylic acids is 1. The summed E-state index contributed by atoms with van der Waals surface area (Å²) >= 11 is 0. The van der Waals surface area contributed by atoms with Gasteiger partial charge in [-0.1, -0.05) is 0 Å². The van der Waals surface area contributed by atoms with E-state index in [1.54, 1.807) is 0 Å². The van der Waals surface area contributed by atoms with Crippen LogP contribution in [0.25, 0.3) is 0 Å². The molecule has 130 valence electrons. The number of rotatable bonds is 10. The lowest BCUT2D eigenvalue weighted by molar-refractivity contribution is -0.256. The highest BCUT2D eigenvalue weighted by Crippen LogP contribution is 2.21. The van der Waals surface area contributed by atoms with E-state index in [1.807, 2.05) is 0 Å². The van der Waals surface area contributed by atoms with Gasteiger partial charge in [-0.05, 0) is 19.3 Å². The molecule has 5 N–H and O–H groups in total. The fourth-order valence-electron chi connectivity index (χ4n) is 2.21. The topological polar surface area (TPSA) is 128 Å². The Kier molecular flexibility index (Phi) is 9.53. The van der Waals surface area contributed by atoms with Gasteiger partial charge in [0.05, 0.1) is 19.3 Å². The normalized spacial score (nSPS) is 28.5. The van der Waals surface area contributed by atoms with Crippen LogP contribution in [-0.4, -0.2) is 77.3 Å². The molecule has 0 aromatic heterocycles. The van der Waals surface area contributed by atoms with Crippen molar-refractivity contribution in [2.75, 3.05) is 26.4 Å². The molecule has 0 radical (unpaired) electrons. The van der Waals surface area contributed by atoms with E-state index < -0.39 is 24.6 Å². The van der Waals surface area contributed by atoms with Gasteiger partial charge in [0.15, 0.2) is 6.29 Å². The van der Waals surface area contributed by atoms with Crippen molar-refractivity contribution in [1.82, 2.24) is 5.32 Å². The molecule has 0 aromatic carbocycles. The molecular weight excluding hydrogens is 294 g/mol. The van der Waals surface area contributed by atoms with Gasteiger partial charge in [-0.2, -0.15) is 0 Å². The number of aliphatic hydroxyl groups excluding tert-OH is 4. The standard InChI is InChI=1S/C14H27NO7/c16-6-4-12(19)15-5-2-1-3-7-21-13-8-10(18)14(20)11(9-17)22-13/h10-11,13-14,16-18,20H,1-9H2,(H,15,19)/t10-,11-,13-,14-/m1/s1. The maximum atomic E-state index is 11.1. The lowest BCUT2D eigenvalue weighted by Gasteiger charge is -2.36. The van der Waals surface area contributed by atoms with Gasteiger partial charge in [0.2, 0.25) is 5.91 Å². The van der Waals surface area contributed by atoms with Crippen LogP contribution in [-0.2, 0) is 14.3 Å². The van der Waals surface area contributed by atoms with Crippen LogP contribution in [0.2, 0.25) is 0 Å². The predicted octanol–water partition coefficient (Wildman–Crippen LogP) is -1.50. The summed E-state index contributed by atoms with van der Waals surface area (Å²) in [5, 5.41) is 39.5. The van der Waals surface area contributed by atoms with E-state index in [9.17, 15) is 15.0 Å². The van der Waals surface area contributed by atoms with Crippen LogP contribution in [0, 0.1) is 0 Å². The lowest BCUT2D eigenvalue weighted by Crippen LogP contribution is -2.50. The second-order valence-electron chi connectivity index (χ2n) is 5.34. The Balaban J connectivity index is 2.04. The monoisotopic (exact) mass is 321 g/mol. The average Bonchev–Trinajstić information content (AvgIpc) is 2.49. The molecular formula is C14H27NO7. The van der Waals surface area contributed by atoms with E-state index in [0.29, 0.717) is 13.2 Å². The molecule has 8 nitrogen and oxygen atoms in total. The molecule has 1 aliphatic heterocycles. The number of hydrogen-bond acceptors (Lipinski definition) is 7. The first-order chi connectivity index (χ1) is 10.6. The zero-order chi connectivity index (χ0) is 16.4. The number of hydrogen-bond donors (Lipinski definition) is 5. The predicted molar refractivity (Wildman–Crippen MR) is 76.9 cm³/mol. The van der Waals surface area contributed by atoms with E-state index in [4.69, 9.17) is 19.7 Å². The van der Waals surface area contributed by atoms with Crippen molar-refractivity contribution in [3.63, 3.8) is 0 Å². The van der Waals surface area contributed by atoms with Crippen LogP contribution in [0.5, 0.6) is 0 Å². The summed E-state index contributed by atoms with van der Waals surface area (Å²) in [6.45, 7) is 0.495. The van der Waals surface area contributed by atoms with E-state index in [-0.39, 0.29) is 32.0 Å². The van der Waals surface area contributed by atoms with Crippen molar-refractivity contribution in [1.29, 1.82) is 0 Å². The fraction of sp³-hybridized carbons (Fsp3) is 0.929. The Morgan fingerprint density at radius 1 is 1.23 bits per heavy atom. The molecule has 1 fully saturated rings. The molecule has 1 rings (SSSR count). The van der Waals surface area contributed by atoms with Gasteiger partial charge < -0.3 is 35.2 Å². The Morgan fingerprint density at radius 2 is 2.00 bits per heavy atom. The molecule has 0 bridgehead atoms. The van der Waals surface area contributed by atoms with Gasteiger partial charge in [0, 0.05) is 26.0 Å². The first-order valence-corrected chi connectivity index (χ1v) is 7.70. The molecule has 0 unspecified atom stereocenters. The second kappa shape index (κ2) is 10.9.